The smallest absolute Gasteiger partial charge is 0.0752 e. The summed E-state index contributed by atoms with van der Waals surface area (Å²) in [5.41, 5.74) is 12.0. The van der Waals surface area contributed by atoms with Crippen molar-refractivity contribution in [3.05, 3.63) is 23.8 Å². The van der Waals surface area contributed by atoms with Crippen molar-refractivity contribution in [1.82, 2.24) is 0 Å². The predicted molar refractivity (Wildman–Crippen MR) is 38.5 cm³/mol. The average Bonchev–Trinajstić information content (AvgIpc) is 2.13. The minimum Gasteiger partial charge on any atom is -0.313 e. The first-order valence-corrected chi connectivity index (χ1v) is 3.11. The summed E-state index contributed by atoms with van der Waals surface area (Å²) in [6.07, 6.45) is 5.78. The standard InChI is InChI=1S/C7H12N2/c1-5-3-2-4-6(5)7(8)9/h2-5,7H,8-9H2,1H3. The van der Waals surface area contributed by atoms with E-state index in [1.165, 1.54) is 0 Å². The first-order chi connectivity index (χ1) is 4.22. The third-order valence-corrected chi connectivity index (χ3v) is 1.60. The molecule has 0 bridgehead atoms. The first kappa shape index (κ1) is 6.52. The molecule has 0 saturated carbocycles. The molecule has 2 nitrogen and oxygen atoms in total. The first-order valence-electron chi connectivity index (χ1n) is 3.11. The van der Waals surface area contributed by atoms with Crippen molar-refractivity contribution in [2.75, 3.05) is 0 Å². The summed E-state index contributed by atoms with van der Waals surface area (Å²) in [7, 11) is 0. The highest BCUT2D eigenvalue weighted by atomic mass is 14.9. The van der Waals surface area contributed by atoms with Crippen molar-refractivity contribution in [3.63, 3.8) is 0 Å². The SMILES string of the molecule is CC1C=CC=C1C(N)N. The van der Waals surface area contributed by atoms with Gasteiger partial charge in [-0.05, 0) is 11.5 Å². The molecule has 2 heteroatoms. The summed E-state index contributed by atoms with van der Waals surface area (Å²) < 4.78 is 0. The predicted octanol–water partition coefficient (Wildman–Crippen LogP) is 0.362. The van der Waals surface area contributed by atoms with Crippen LogP contribution < -0.4 is 11.5 Å². The molecule has 0 radical (unpaired) electrons. The maximum Gasteiger partial charge on any atom is 0.0752 e. The van der Waals surface area contributed by atoms with E-state index in [0.717, 1.165) is 5.57 Å². The molecule has 0 amide bonds. The van der Waals surface area contributed by atoms with E-state index in [1.807, 2.05) is 12.2 Å². The molecule has 1 aliphatic rings. The Kier molecular flexibility index (Phi) is 1.69. The molecule has 1 unspecified atom stereocenters. The molecule has 4 N–H and O–H groups in total. The highest BCUT2D eigenvalue weighted by molar-refractivity contribution is 5.29. The molecule has 0 saturated heterocycles. The number of hydrogen-bond donors (Lipinski definition) is 2. The second-order valence-corrected chi connectivity index (χ2v) is 2.37. The van der Waals surface area contributed by atoms with Crippen LogP contribution in [0, 0.1) is 5.92 Å². The fraction of sp³-hybridized carbons (Fsp3) is 0.429. The van der Waals surface area contributed by atoms with Gasteiger partial charge in [-0.2, -0.15) is 0 Å². The molecule has 1 atom stereocenters. The van der Waals surface area contributed by atoms with Gasteiger partial charge in [0.1, 0.15) is 0 Å². The number of allylic oxidation sites excluding steroid dienone is 3. The molecule has 0 spiro atoms. The molecular formula is C7H12N2. The average molecular weight is 124 g/mol. The third-order valence-electron chi connectivity index (χ3n) is 1.60. The van der Waals surface area contributed by atoms with E-state index >= 15 is 0 Å². The van der Waals surface area contributed by atoms with Gasteiger partial charge in [0.05, 0.1) is 6.17 Å². The van der Waals surface area contributed by atoms with Crippen LogP contribution in [0.5, 0.6) is 0 Å². The number of nitrogens with two attached hydrogens (primary N) is 2. The van der Waals surface area contributed by atoms with Crippen LogP contribution >= 0.6 is 0 Å². The lowest BCUT2D eigenvalue weighted by Gasteiger charge is -2.10. The maximum atomic E-state index is 5.46. The zero-order chi connectivity index (χ0) is 6.85. The van der Waals surface area contributed by atoms with Crippen LogP contribution in [-0.2, 0) is 0 Å². The zero-order valence-electron chi connectivity index (χ0n) is 5.54. The van der Waals surface area contributed by atoms with Gasteiger partial charge in [0, 0.05) is 0 Å². The van der Waals surface area contributed by atoms with Gasteiger partial charge in [-0.3, -0.25) is 0 Å². The molecule has 0 heterocycles. The van der Waals surface area contributed by atoms with Crippen LogP contribution in [0.15, 0.2) is 23.8 Å². The Bertz CT molecular complexity index is 156. The quantitative estimate of drug-likeness (QED) is 0.496. The molecule has 50 valence electrons. The number of hydrogen-bond acceptors (Lipinski definition) is 2. The number of rotatable bonds is 1. The van der Waals surface area contributed by atoms with Gasteiger partial charge in [-0.25, -0.2) is 0 Å². The lowest BCUT2D eigenvalue weighted by atomic mass is 10.0. The zero-order valence-corrected chi connectivity index (χ0v) is 5.54. The molecule has 1 aliphatic carbocycles. The van der Waals surface area contributed by atoms with Crippen molar-refractivity contribution in [3.8, 4) is 0 Å². The molecular weight excluding hydrogens is 112 g/mol. The molecule has 0 aromatic rings. The van der Waals surface area contributed by atoms with Gasteiger partial charge in [0.15, 0.2) is 0 Å². The lowest BCUT2D eigenvalue weighted by Crippen LogP contribution is -2.33. The van der Waals surface area contributed by atoms with Crippen molar-refractivity contribution < 1.29 is 0 Å². The fourth-order valence-electron chi connectivity index (χ4n) is 1.01. The Labute approximate surface area is 55.2 Å². The van der Waals surface area contributed by atoms with Gasteiger partial charge >= 0.3 is 0 Å². The second kappa shape index (κ2) is 2.33. The summed E-state index contributed by atoms with van der Waals surface area (Å²) >= 11 is 0. The van der Waals surface area contributed by atoms with E-state index in [9.17, 15) is 0 Å². The molecule has 0 aromatic heterocycles. The van der Waals surface area contributed by atoms with Crippen LogP contribution in [0.4, 0.5) is 0 Å². The van der Waals surface area contributed by atoms with Crippen molar-refractivity contribution in [2.24, 2.45) is 17.4 Å². The van der Waals surface area contributed by atoms with Crippen LogP contribution in [0.1, 0.15) is 6.92 Å². The van der Waals surface area contributed by atoms with E-state index in [-0.39, 0.29) is 6.17 Å². The highest BCUT2D eigenvalue weighted by Gasteiger charge is 2.12. The molecule has 0 aliphatic heterocycles. The minimum atomic E-state index is -0.282. The molecule has 1 rings (SSSR count). The van der Waals surface area contributed by atoms with Crippen molar-refractivity contribution >= 4 is 0 Å². The van der Waals surface area contributed by atoms with Gasteiger partial charge < -0.3 is 11.5 Å². The highest BCUT2D eigenvalue weighted by Crippen LogP contribution is 2.18. The molecule has 0 aromatic carbocycles. The Balaban J connectivity index is 2.64. The minimum absolute atomic E-state index is 0.282. The van der Waals surface area contributed by atoms with E-state index in [1.54, 1.807) is 0 Å². The van der Waals surface area contributed by atoms with E-state index in [0.29, 0.717) is 5.92 Å². The Morgan fingerprint density at radius 3 is 2.44 bits per heavy atom. The van der Waals surface area contributed by atoms with Gasteiger partial charge in [0.2, 0.25) is 0 Å². The third kappa shape index (κ3) is 1.20. The largest absolute Gasteiger partial charge is 0.313 e. The lowest BCUT2D eigenvalue weighted by molar-refractivity contribution is 0.714. The summed E-state index contributed by atoms with van der Waals surface area (Å²) in [6, 6.07) is 0. The van der Waals surface area contributed by atoms with Crippen LogP contribution in [0.2, 0.25) is 0 Å². The van der Waals surface area contributed by atoms with Gasteiger partial charge in [-0.15, -0.1) is 0 Å². The molecule has 0 fully saturated rings. The van der Waals surface area contributed by atoms with E-state index in [4.69, 9.17) is 11.5 Å². The topological polar surface area (TPSA) is 52.0 Å². The summed E-state index contributed by atoms with van der Waals surface area (Å²) in [5, 5.41) is 0. The Morgan fingerprint density at radius 2 is 2.22 bits per heavy atom. The van der Waals surface area contributed by atoms with Crippen molar-refractivity contribution in [2.45, 2.75) is 13.1 Å². The maximum absolute atomic E-state index is 5.46. The van der Waals surface area contributed by atoms with Crippen LogP contribution in [0.25, 0.3) is 0 Å². The second-order valence-electron chi connectivity index (χ2n) is 2.37. The van der Waals surface area contributed by atoms with E-state index in [2.05, 4.69) is 13.0 Å². The van der Waals surface area contributed by atoms with Crippen LogP contribution in [-0.4, -0.2) is 6.17 Å². The van der Waals surface area contributed by atoms with Gasteiger partial charge in [0.25, 0.3) is 0 Å². The van der Waals surface area contributed by atoms with E-state index < -0.39 is 0 Å². The summed E-state index contributed by atoms with van der Waals surface area (Å²) in [6.45, 7) is 2.09. The normalized spacial score (nSPS) is 25.3. The summed E-state index contributed by atoms with van der Waals surface area (Å²) in [5.74, 6) is 0.435. The van der Waals surface area contributed by atoms with Gasteiger partial charge in [-0.1, -0.05) is 25.2 Å². The monoisotopic (exact) mass is 124 g/mol. The van der Waals surface area contributed by atoms with Crippen LogP contribution in [0.3, 0.4) is 0 Å². The Hall–Kier alpha value is -0.600. The Morgan fingerprint density at radius 1 is 1.56 bits per heavy atom. The summed E-state index contributed by atoms with van der Waals surface area (Å²) in [4.78, 5) is 0. The fourth-order valence-corrected chi connectivity index (χ4v) is 1.01. The molecule has 9 heavy (non-hydrogen) atoms. The van der Waals surface area contributed by atoms with Crippen molar-refractivity contribution in [1.29, 1.82) is 0 Å².